The predicted molar refractivity (Wildman–Crippen MR) is 118 cm³/mol. The number of nitrogens with one attached hydrogen (secondary N) is 1. The van der Waals surface area contributed by atoms with Gasteiger partial charge in [-0.15, -0.1) is 0 Å². The normalized spacial score (nSPS) is 11.1. The van der Waals surface area contributed by atoms with Gasteiger partial charge in [-0.3, -0.25) is 0 Å². The number of benzene rings is 3. The van der Waals surface area contributed by atoms with E-state index in [0.29, 0.717) is 11.6 Å². The van der Waals surface area contributed by atoms with Crippen molar-refractivity contribution in [2.45, 2.75) is 20.3 Å². The summed E-state index contributed by atoms with van der Waals surface area (Å²) in [5.74, 6) is 0.560. The summed E-state index contributed by atoms with van der Waals surface area (Å²) in [7, 11) is 0. The first kappa shape index (κ1) is 18.4. The summed E-state index contributed by atoms with van der Waals surface area (Å²) in [5, 5.41) is 4.18. The molecule has 0 amide bonds. The zero-order valence-electron chi connectivity index (χ0n) is 15.9. The van der Waals surface area contributed by atoms with Crippen LogP contribution in [0.25, 0.3) is 33.7 Å². The minimum atomic E-state index is 0.560. The number of rotatable bonds is 5. The minimum absolute atomic E-state index is 0.560. The highest BCUT2D eigenvalue weighted by Crippen LogP contribution is 2.34. The number of hydrogen-bond acceptors (Lipinski definition) is 4. The van der Waals surface area contributed by atoms with Gasteiger partial charge >= 0.3 is 0 Å². The predicted octanol–water partition coefficient (Wildman–Crippen LogP) is 6.53. The summed E-state index contributed by atoms with van der Waals surface area (Å²) in [6.07, 6.45) is 1.03. The van der Waals surface area contributed by atoms with Crippen molar-refractivity contribution in [2.75, 3.05) is 17.6 Å². The topological polar surface area (TPSA) is 64.1 Å². The molecule has 0 aliphatic carbocycles. The van der Waals surface area contributed by atoms with Crippen LogP contribution >= 0.6 is 11.6 Å². The summed E-state index contributed by atoms with van der Waals surface area (Å²) in [6.45, 7) is 5.00. The van der Waals surface area contributed by atoms with Crippen LogP contribution in [0.2, 0.25) is 5.02 Å². The van der Waals surface area contributed by atoms with Crippen LogP contribution in [0.1, 0.15) is 18.9 Å². The van der Waals surface area contributed by atoms with Crippen molar-refractivity contribution < 1.29 is 4.42 Å². The fourth-order valence-corrected chi connectivity index (χ4v) is 3.32. The Labute approximate surface area is 169 Å². The molecule has 0 aliphatic rings. The Hall–Kier alpha value is -2.98. The van der Waals surface area contributed by atoms with Gasteiger partial charge in [0, 0.05) is 22.9 Å². The van der Waals surface area contributed by atoms with E-state index < -0.39 is 0 Å². The number of halogens is 1. The second-order valence-corrected chi connectivity index (χ2v) is 7.30. The molecule has 4 aromatic rings. The third kappa shape index (κ3) is 3.56. The molecule has 0 radical (unpaired) electrons. The molecule has 0 spiro atoms. The van der Waals surface area contributed by atoms with Crippen LogP contribution < -0.4 is 11.1 Å². The summed E-state index contributed by atoms with van der Waals surface area (Å²) >= 11 is 6.15. The van der Waals surface area contributed by atoms with Gasteiger partial charge in [-0.25, -0.2) is 4.98 Å². The SMILES string of the molecule is CCCNc1ccc(N)cc1-c1nc2cc(-c3ccc(Cl)c(C)c3)ccc2o1. The van der Waals surface area contributed by atoms with Gasteiger partial charge in [-0.1, -0.05) is 30.7 Å². The van der Waals surface area contributed by atoms with Crippen molar-refractivity contribution in [3.63, 3.8) is 0 Å². The van der Waals surface area contributed by atoms with E-state index in [1.54, 1.807) is 0 Å². The molecule has 3 aromatic carbocycles. The van der Waals surface area contributed by atoms with Crippen molar-refractivity contribution in [1.29, 1.82) is 0 Å². The van der Waals surface area contributed by atoms with Crippen LogP contribution in [-0.4, -0.2) is 11.5 Å². The first-order valence-corrected chi connectivity index (χ1v) is 9.74. The molecule has 28 heavy (non-hydrogen) atoms. The van der Waals surface area contributed by atoms with Gasteiger partial charge in [0.25, 0.3) is 0 Å². The summed E-state index contributed by atoms with van der Waals surface area (Å²) < 4.78 is 6.04. The maximum Gasteiger partial charge on any atom is 0.229 e. The first-order valence-electron chi connectivity index (χ1n) is 9.36. The lowest BCUT2D eigenvalue weighted by atomic mass is 10.0. The van der Waals surface area contributed by atoms with Gasteiger partial charge in [-0.2, -0.15) is 0 Å². The zero-order chi connectivity index (χ0) is 19.7. The van der Waals surface area contributed by atoms with Crippen LogP contribution in [-0.2, 0) is 0 Å². The Balaban J connectivity index is 1.77. The Kier molecular flexibility index (Phi) is 4.97. The summed E-state index contributed by atoms with van der Waals surface area (Å²) in [5.41, 5.74) is 13.3. The molecular formula is C23H22ClN3O. The lowest BCUT2D eigenvalue weighted by Crippen LogP contribution is -2.02. The highest BCUT2D eigenvalue weighted by molar-refractivity contribution is 6.31. The number of aromatic nitrogens is 1. The van der Waals surface area contributed by atoms with E-state index in [-0.39, 0.29) is 0 Å². The lowest BCUT2D eigenvalue weighted by molar-refractivity contribution is 0.620. The minimum Gasteiger partial charge on any atom is -0.436 e. The van der Waals surface area contributed by atoms with Crippen molar-refractivity contribution in [3.05, 3.63) is 65.2 Å². The highest BCUT2D eigenvalue weighted by atomic mass is 35.5. The van der Waals surface area contributed by atoms with Gasteiger partial charge in [0.15, 0.2) is 5.58 Å². The average Bonchev–Trinajstić information content (AvgIpc) is 3.12. The van der Waals surface area contributed by atoms with Crippen LogP contribution in [0.5, 0.6) is 0 Å². The molecule has 5 heteroatoms. The standard InChI is InChI=1S/C23H22ClN3O/c1-3-10-26-20-8-6-17(25)13-18(20)23-27-21-12-16(5-9-22(21)28-23)15-4-7-19(24)14(2)11-15/h4-9,11-13,26H,3,10,25H2,1-2H3. The van der Waals surface area contributed by atoms with Crippen LogP contribution in [0.15, 0.2) is 59.0 Å². The smallest absolute Gasteiger partial charge is 0.229 e. The Bertz CT molecular complexity index is 1150. The average molecular weight is 392 g/mol. The number of nitrogen functional groups attached to an aromatic ring is 1. The quantitative estimate of drug-likeness (QED) is 0.380. The highest BCUT2D eigenvalue weighted by Gasteiger charge is 2.14. The van der Waals surface area contributed by atoms with E-state index in [1.165, 1.54) is 0 Å². The van der Waals surface area contributed by atoms with Gasteiger partial charge < -0.3 is 15.5 Å². The number of nitrogens with zero attached hydrogens (tertiary/aromatic N) is 1. The molecule has 0 fully saturated rings. The van der Waals surface area contributed by atoms with Gasteiger partial charge in [0.1, 0.15) is 5.52 Å². The van der Waals surface area contributed by atoms with E-state index >= 15 is 0 Å². The molecule has 0 atom stereocenters. The van der Waals surface area contributed by atoms with Crippen LogP contribution in [0.3, 0.4) is 0 Å². The number of hydrogen-bond donors (Lipinski definition) is 2. The molecule has 4 nitrogen and oxygen atoms in total. The van der Waals surface area contributed by atoms with E-state index in [0.717, 1.165) is 57.0 Å². The second-order valence-electron chi connectivity index (χ2n) is 6.90. The van der Waals surface area contributed by atoms with E-state index in [9.17, 15) is 0 Å². The third-order valence-corrected chi connectivity index (χ3v) is 5.14. The van der Waals surface area contributed by atoms with E-state index in [4.69, 9.17) is 26.7 Å². The molecule has 4 rings (SSSR count). The number of oxazole rings is 1. The van der Waals surface area contributed by atoms with Gasteiger partial charge in [0.2, 0.25) is 5.89 Å². The Morgan fingerprint density at radius 3 is 2.61 bits per heavy atom. The van der Waals surface area contributed by atoms with Crippen molar-refractivity contribution >= 4 is 34.1 Å². The molecule has 1 heterocycles. The Morgan fingerprint density at radius 1 is 1.04 bits per heavy atom. The number of nitrogens with two attached hydrogens (primary N) is 1. The monoisotopic (exact) mass is 391 g/mol. The summed E-state index contributed by atoms with van der Waals surface area (Å²) in [6, 6.07) is 17.8. The molecule has 0 bridgehead atoms. The van der Waals surface area contributed by atoms with Crippen LogP contribution in [0.4, 0.5) is 11.4 Å². The van der Waals surface area contributed by atoms with Gasteiger partial charge in [-0.05, 0) is 72.5 Å². The zero-order valence-corrected chi connectivity index (χ0v) is 16.7. The lowest BCUT2D eigenvalue weighted by Gasteiger charge is -2.09. The van der Waals surface area contributed by atoms with E-state index in [1.807, 2.05) is 55.5 Å². The molecule has 1 aromatic heterocycles. The molecule has 0 saturated heterocycles. The van der Waals surface area contributed by atoms with Crippen molar-refractivity contribution in [1.82, 2.24) is 4.98 Å². The molecular weight excluding hydrogens is 370 g/mol. The second kappa shape index (κ2) is 7.56. The number of fused-ring (bicyclic) bond motifs is 1. The fraction of sp³-hybridized carbons (Fsp3) is 0.174. The van der Waals surface area contributed by atoms with Crippen molar-refractivity contribution in [2.24, 2.45) is 0 Å². The Morgan fingerprint density at radius 2 is 1.82 bits per heavy atom. The maximum atomic E-state index is 6.15. The largest absolute Gasteiger partial charge is 0.436 e. The van der Waals surface area contributed by atoms with E-state index in [2.05, 4.69) is 18.3 Å². The van der Waals surface area contributed by atoms with Crippen molar-refractivity contribution in [3.8, 4) is 22.6 Å². The number of anilines is 2. The third-order valence-electron chi connectivity index (χ3n) is 4.72. The molecule has 0 unspecified atom stereocenters. The molecule has 0 aliphatic heterocycles. The maximum absolute atomic E-state index is 6.15. The van der Waals surface area contributed by atoms with Crippen LogP contribution in [0, 0.1) is 6.92 Å². The number of aryl methyl sites for hydroxylation is 1. The molecule has 142 valence electrons. The molecule has 0 saturated carbocycles. The van der Waals surface area contributed by atoms with Gasteiger partial charge in [0.05, 0.1) is 5.56 Å². The fourth-order valence-electron chi connectivity index (χ4n) is 3.20. The first-order chi connectivity index (χ1) is 13.5. The molecule has 3 N–H and O–H groups in total. The summed E-state index contributed by atoms with van der Waals surface area (Å²) in [4.78, 5) is 4.73.